The highest BCUT2D eigenvalue weighted by atomic mass is 16.5. The number of ether oxygens (including phenoxy) is 3. The molecule has 2 aliphatic carbocycles. The van der Waals surface area contributed by atoms with E-state index in [0.717, 1.165) is 38.5 Å². The smallest absolute Gasteiger partial charge is 0.293 e. The Morgan fingerprint density at radius 2 is 1.84 bits per heavy atom. The predicted molar refractivity (Wildman–Crippen MR) is 176 cm³/mol. The lowest BCUT2D eigenvalue weighted by Crippen LogP contribution is -2.43. The number of hydrogen-bond donors (Lipinski definition) is 1. The number of aliphatic imine (C=N–C) groups is 1. The maximum Gasteiger partial charge on any atom is 0.293 e. The molecule has 2 N–H and O–H groups in total. The van der Waals surface area contributed by atoms with E-state index in [4.69, 9.17) is 24.9 Å². The van der Waals surface area contributed by atoms with Crippen molar-refractivity contribution in [2.75, 3.05) is 19.4 Å². The van der Waals surface area contributed by atoms with Gasteiger partial charge >= 0.3 is 0 Å². The fourth-order valence-electron chi connectivity index (χ4n) is 7.52. The molecule has 250 valence electrons. The molecule has 0 radical (unpaired) electrons. The Balaban J connectivity index is 1.43. The molecule has 1 aromatic carbocycles. The van der Waals surface area contributed by atoms with Crippen molar-refractivity contribution >= 4 is 35.4 Å². The summed E-state index contributed by atoms with van der Waals surface area (Å²) < 4.78 is 17.5. The van der Waals surface area contributed by atoms with Gasteiger partial charge in [-0.25, -0.2) is 4.99 Å². The Bertz CT molecular complexity index is 1220. The lowest BCUT2D eigenvalue weighted by atomic mass is 9.90. The van der Waals surface area contributed by atoms with Crippen LogP contribution in [0.3, 0.4) is 0 Å². The van der Waals surface area contributed by atoms with Gasteiger partial charge in [0.1, 0.15) is 18.0 Å². The number of nitrogen functional groups attached to an aromatic ring is 1. The van der Waals surface area contributed by atoms with E-state index in [1.807, 2.05) is 27.7 Å². The van der Waals surface area contributed by atoms with Gasteiger partial charge < -0.3 is 24.8 Å². The van der Waals surface area contributed by atoms with Gasteiger partial charge in [0.2, 0.25) is 5.91 Å². The molecule has 0 aromatic heterocycles. The first kappa shape index (κ1) is 34.8. The number of ketones is 1. The van der Waals surface area contributed by atoms with E-state index in [1.54, 1.807) is 37.1 Å². The molecule has 1 heterocycles. The quantitative estimate of drug-likeness (QED) is 0.0731. The van der Waals surface area contributed by atoms with Gasteiger partial charge in [0.25, 0.3) is 6.47 Å². The highest BCUT2D eigenvalue weighted by molar-refractivity contribution is 5.89. The van der Waals surface area contributed by atoms with Crippen molar-refractivity contribution < 1.29 is 28.6 Å². The number of methoxy groups -OCH3 is 1. The number of nitrogens with zero attached hydrogens (tertiary/aromatic N) is 2. The van der Waals surface area contributed by atoms with Crippen LogP contribution in [0, 0.1) is 22.7 Å². The molecular weight excluding hydrogens is 570 g/mol. The van der Waals surface area contributed by atoms with E-state index in [2.05, 4.69) is 0 Å². The van der Waals surface area contributed by atoms with Crippen LogP contribution in [0.1, 0.15) is 112 Å². The minimum atomic E-state index is -0.504. The molecule has 3 fully saturated rings. The summed E-state index contributed by atoms with van der Waals surface area (Å²) in [4.78, 5) is 43.9. The van der Waals surface area contributed by atoms with Crippen molar-refractivity contribution in [2.24, 2.45) is 27.7 Å². The summed E-state index contributed by atoms with van der Waals surface area (Å²) >= 11 is 0. The van der Waals surface area contributed by atoms with Crippen LogP contribution in [0.15, 0.2) is 23.2 Å². The Kier molecular flexibility index (Phi) is 11.6. The molecule has 1 amide bonds. The first-order chi connectivity index (χ1) is 21.4. The lowest BCUT2D eigenvalue weighted by Gasteiger charge is -2.28. The van der Waals surface area contributed by atoms with Crippen LogP contribution in [0.25, 0.3) is 0 Å². The van der Waals surface area contributed by atoms with Crippen molar-refractivity contribution in [1.29, 1.82) is 0 Å². The highest BCUT2D eigenvalue weighted by Gasteiger charge is 2.53. The fraction of sp³-hybridized carbons (Fsp3) is 0.722. The topological polar surface area (TPSA) is 121 Å². The highest BCUT2D eigenvalue weighted by Crippen LogP contribution is 2.61. The number of unbranched alkanes of at least 4 members (excludes halogenated alkanes) is 3. The lowest BCUT2D eigenvalue weighted by molar-refractivity contribution is -0.139. The van der Waals surface area contributed by atoms with Gasteiger partial charge in [0.05, 0.1) is 31.1 Å². The fourth-order valence-corrected chi connectivity index (χ4v) is 7.52. The van der Waals surface area contributed by atoms with Gasteiger partial charge in [-0.2, -0.15) is 0 Å². The van der Waals surface area contributed by atoms with E-state index in [1.165, 1.54) is 19.3 Å². The first-order valence-corrected chi connectivity index (χ1v) is 17.0. The third-order valence-corrected chi connectivity index (χ3v) is 10.0. The van der Waals surface area contributed by atoms with E-state index < -0.39 is 6.04 Å². The number of likely N-dealkylation sites (tertiary alicyclic amines) is 1. The summed E-state index contributed by atoms with van der Waals surface area (Å²) in [5, 5.41) is 0. The maximum atomic E-state index is 13.4. The number of nitrogens with two attached hydrogens (primary N) is 1. The standard InChI is InChI=1S/C36H55N3O6/c1-7-27-31(22-39(34(27)24(2)41)33(42)21-35(3,4)5)45-32(38-29-18-26(43-6)14-15-28(29)37)13-11-9-8-10-12-25-19-36(16-17-36)20-30(25)44-23-40/h14-15,18,23,25,27,30-31,34H,7-13,16-17,19-22,37H2,1-6H3/b38-32+/t25-,27-,30-,31+,34-/m1/s1. The molecule has 3 aliphatic rings. The summed E-state index contributed by atoms with van der Waals surface area (Å²) in [6.45, 7) is 10.7. The Morgan fingerprint density at radius 3 is 2.47 bits per heavy atom. The zero-order valence-electron chi connectivity index (χ0n) is 28.3. The van der Waals surface area contributed by atoms with Crippen LogP contribution in [-0.2, 0) is 23.9 Å². The Labute approximate surface area is 269 Å². The molecule has 1 aliphatic heterocycles. The van der Waals surface area contributed by atoms with Crippen molar-refractivity contribution in [3.8, 4) is 5.75 Å². The Hall–Kier alpha value is -3.10. The SMILES string of the molecule is CC[C@@H]1[C@@H](O/C(CCCCCC[C@@H]2CC3(CC3)C[C@H]2OC=O)=N/c2cc(OC)ccc2N)CN(C(=O)CC(C)(C)C)[C@@H]1C(C)=O. The van der Waals surface area contributed by atoms with Crippen LogP contribution in [0.2, 0.25) is 0 Å². The number of hydrogen-bond acceptors (Lipinski definition) is 8. The molecule has 1 saturated heterocycles. The number of carbonyl (C=O) groups is 3. The van der Waals surface area contributed by atoms with Gasteiger partial charge in [0.15, 0.2) is 11.7 Å². The third-order valence-electron chi connectivity index (χ3n) is 10.0. The molecular formula is C36H55N3O6. The number of Topliss-reactive ketones (excluding diaryl/α,β-unsaturated/α-hetero) is 1. The van der Waals surface area contributed by atoms with Crippen molar-refractivity contribution in [2.45, 2.75) is 130 Å². The van der Waals surface area contributed by atoms with E-state index in [0.29, 0.717) is 66.6 Å². The van der Waals surface area contributed by atoms with Crippen molar-refractivity contribution in [1.82, 2.24) is 4.90 Å². The van der Waals surface area contributed by atoms with Gasteiger partial charge in [0, 0.05) is 24.8 Å². The van der Waals surface area contributed by atoms with Crippen LogP contribution in [-0.4, -0.2) is 60.9 Å². The van der Waals surface area contributed by atoms with Gasteiger partial charge in [-0.3, -0.25) is 14.4 Å². The monoisotopic (exact) mass is 625 g/mol. The number of benzene rings is 1. The number of amides is 1. The number of rotatable bonds is 15. The zero-order chi connectivity index (χ0) is 32.8. The summed E-state index contributed by atoms with van der Waals surface area (Å²) in [6, 6.07) is 4.87. The minimum Gasteiger partial charge on any atom is -0.497 e. The molecule has 4 rings (SSSR count). The molecule has 5 atom stereocenters. The second-order valence-electron chi connectivity index (χ2n) is 14.9. The summed E-state index contributed by atoms with van der Waals surface area (Å²) in [7, 11) is 1.61. The van der Waals surface area contributed by atoms with E-state index >= 15 is 0 Å². The van der Waals surface area contributed by atoms with Crippen LogP contribution in [0.5, 0.6) is 5.75 Å². The van der Waals surface area contributed by atoms with Gasteiger partial charge in [-0.15, -0.1) is 0 Å². The normalized spacial score (nSPS) is 25.8. The predicted octanol–water partition coefficient (Wildman–Crippen LogP) is 7.03. The van der Waals surface area contributed by atoms with E-state index in [-0.39, 0.29) is 35.2 Å². The minimum absolute atomic E-state index is 0.0126. The second kappa shape index (κ2) is 15.0. The summed E-state index contributed by atoms with van der Waals surface area (Å²) in [5.41, 5.74) is 7.67. The average Bonchev–Trinajstić information content (AvgIpc) is 3.48. The first-order valence-electron chi connectivity index (χ1n) is 17.0. The van der Waals surface area contributed by atoms with Crippen LogP contribution >= 0.6 is 0 Å². The number of carbonyl (C=O) groups excluding carboxylic acids is 3. The Morgan fingerprint density at radius 1 is 1.11 bits per heavy atom. The molecule has 45 heavy (non-hydrogen) atoms. The average molecular weight is 626 g/mol. The molecule has 1 aromatic rings. The van der Waals surface area contributed by atoms with Gasteiger partial charge in [-0.1, -0.05) is 47.0 Å². The van der Waals surface area contributed by atoms with Crippen LogP contribution < -0.4 is 10.5 Å². The van der Waals surface area contributed by atoms with Crippen LogP contribution in [0.4, 0.5) is 11.4 Å². The maximum absolute atomic E-state index is 13.4. The summed E-state index contributed by atoms with van der Waals surface area (Å²) in [6.07, 6.45) is 11.4. The van der Waals surface area contributed by atoms with Gasteiger partial charge in [-0.05, 0) is 80.8 Å². The molecule has 0 bridgehead atoms. The van der Waals surface area contributed by atoms with Crippen molar-refractivity contribution in [3.05, 3.63) is 18.2 Å². The number of anilines is 1. The largest absolute Gasteiger partial charge is 0.497 e. The molecule has 9 heteroatoms. The molecule has 0 unspecified atom stereocenters. The third kappa shape index (κ3) is 9.23. The zero-order valence-corrected chi connectivity index (χ0v) is 28.3. The summed E-state index contributed by atoms with van der Waals surface area (Å²) in [5.74, 6) is 1.54. The molecule has 9 nitrogen and oxygen atoms in total. The molecule has 2 saturated carbocycles. The van der Waals surface area contributed by atoms with E-state index in [9.17, 15) is 14.4 Å². The van der Waals surface area contributed by atoms with Crippen molar-refractivity contribution in [3.63, 3.8) is 0 Å². The molecule has 1 spiro atoms. The second-order valence-corrected chi connectivity index (χ2v) is 14.9.